The molecule has 30 heavy (non-hydrogen) atoms. The van der Waals surface area contributed by atoms with E-state index in [9.17, 15) is 9.59 Å². The third-order valence-electron chi connectivity index (χ3n) is 5.75. The molecule has 1 aliphatic carbocycles. The van der Waals surface area contributed by atoms with Gasteiger partial charge in [-0.25, -0.2) is 0 Å². The molecule has 1 N–H and O–H groups in total. The zero-order valence-electron chi connectivity index (χ0n) is 17.7. The first-order chi connectivity index (χ1) is 14.5. The molecule has 2 aromatic heterocycles. The summed E-state index contributed by atoms with van der Waals surface area (Å²) in [4.78, 5) is 26.4. The highest BCUT2D eigenvalue weighted by Crippen LogP contribution is 2.27. The lowest BCUT2D eigenvalue weighted by Crippen LogP contribution is -2.35. The van der Waals surface area contributed by atoms with Gasteiger partial charge in [0.15, 0.2) is 5.82 Å². The molecule has 1 atom stereocenters. The first-order valence-corrected chi connectivity index (χ1v) is 10.5. The molecular weight excluding hydrogens is 378 g/mol. The van der Waals surface area contributed by atoms with E-state index in [0.29, 0.717) is 11.4 Å². The van der Waals surface area contributed by atoms with E-state index in [1.807, 2.05) is 29.7 Å². The fourth-order valence-corrected chi connectivity index (χ4v) is 4.26. The van der Waals surface area contributed by atoms with Crippen LogP contribution in [-0.4, -0.2) is 25.2 Å². The van der Waals surface area contributed by atoms with Gasteiger partial charge in [0.05, 0.1) is 11.7 Å². The zero-order chi connectivity index (χ0) is 21.3. The fourth-order valence-electron chi connectivity index (χ4n) is 4.26. The number of hydrogen-bond acceptors (Lipinski definition) is 4. The highest BCUT2D eigenvalue weighted by Gasteiger charge is 2.23. The van der Waals surface area contributed by atoms with E-state index in [0.717, 1.165) is 37.9 Å². The van der Waals surface area contributed by atoms with Crippen LogP contribution in [0, 0.1) is 6.92 Å². The van der Waals surface area contributed by atoms with Crippen molar-refractivity contribution in [1.29, 1.82) is 0 Å². The molecule has 2 heterocycles. The quantitative estimate of drug-likeness (QED) is 0.683. The van der Waals surface area contributed by atoms with Crippen LogP contribution >= 0.6 is 0 Å². The van der Waals surface area contributed by atoms with Crippen molar-refractivity contribution in [2.24, 2.45) is 0 Å². The second-order valence-electron chi connectivity index (χ2n) is 7.89. The molecule has 1 unspecified atom stereocenters. The van der Waals surface area contributed by atoms with Gasteiger partial charge in [-0.15, -0.1) is 10.2 Å². The number of hydrogen-bond donors (Lipinski definition) is 1. The molecule has 3 aromatic rings. The molecule has 0 aliphatic heterocycles. The number of nitrogens with one attached hydrogen (secondary N) is 1. The molecule has 7 nitrogen and oxygen atoms in total. The van der Waals surface area contributed by atoms with Gasteiger partial charge in [0.1, 0.15) is 11.9 Å². The first kappa shape index (κ1) is 20.1. The number of nitrogens with zero attached hydrogens (tertiary/aromatic N) is 4. The molecule has 0 saturated carbocycles. The van der Waals surface area contributed by atoms with Crippen LogP contribution in [0.1, 0.15) is 65.6 Å². The van der Waals surface area contributed by atoms with Crippen molar-refractivity contribution in [3.63, 3.8) is 0 Å². The zero-order valence-corrected chi connectivity index (χ0v) is 17.7. The standard InChI is InChI=1S/C23H27N5O2/c1-4-12-27-14-24-26-21(27)16(3)25-22(29)20-15(2)11-13-28(23(20)30)19-10-6-8-17-7-5-9-18(17)19/h6,8,10-11,13-14,16H,4-5,7,9,12H2,1-3H3,(H,25,29). The Kier molecular flexibility index (Phi) is 5.53. The van der Waals surface area contributed by atoms with E-state index < -0.39 is 5.91 Å². The Labute approximate surface area is 175 Å². The molecule has 4 rings (SSSR count). The van der Waals surface area contributed by atoms with Gasteiger partial charge in [0, 0.05) is 12.7 Å². The summed E-state index contributed by atoms with van der Waals surface area (Å²) in [5, 5.41) is 11.0. The maximum atomic E-state index is 13.3. The van der Waals surface area contributed by atoms with Gasteiger partial charge < -0.3 is 9.88 Å². The lowest BCUT2D eigenvalue weighted by atomic mass is 10.1. The number of aromatic nitrogens is 4. The second-order valence-corrected chi connectivity index (χ2v) is 7.89. The van der Waals surface area contributed by atoms with E-state index in [-0.39, 0.29) is 17.2 Å². The smallest absolute Gasteiger partial charge is 0.268 e. The summed E-state index contributed by atoms with van der Waals surface area (Å²) in [6, 6.07) is 7.52. The Balaban J connectivity index is 1.67. The minimum Gasteiger partial charge on any atom is -0.342 e. The van der Waals surface area contributed by atoms with Gasteiger partial charge in [-0.05, 0) is 68.4 Å². The Morgan fingerprint density at radius 2 is 2.10 bits per heavy atom. The minimum absolute atomic E-state index is 0.168. The van der Waals surface area contributed by atoms with Gasteiger partial charge >= 0.3 is 0 Å². The predicted octanol–water partition coefficient (Wildman–Crippen LogP) is 3.13. The van der Waals surface area contributed by atoms with Crippen molar-refractivity contribution in [2.75, 3.05) is 0 Å². The number of pyridine rings is 1. The van der Waals surface area contributed by atoms with Gasteiger partial charge in [0.25, 0.3) is 11.5 Å². The monoisotopic (exact) mass is 405 g/mol. The van der Waals surface area contributed by atoms with Crippen LogP contribution in [0.2, 0.25) is 0 Å². The van der Waals surface area contributed by atoms with E-state index >= 15 is 0 Å². The summed E-state index contributed by atoms with van der Waals surface area (Å²) in [6.45, 7) is 6.50. The molecule has 0 fully saturated rings. The number of aryl methyl sites for hydroxylation is 3. The van der Waals surface area contributed by atoms with Crippen LogP contribution in [0.15, 0.2) is 41.6 Å². The lowest BCUT2D eigenvalue weighted by Gasteiger charge is -2.17. The highest BCUT2D eigenvalue weighted by atomic mass is 16.2. The summed E-state index contributed by atoms with van der Waals surface area (Å²) < 4.78 is 3.53. The predicted molar refractivity (Wildman–Crippen MR) is 115 cm³/mol. The van der Waals surface area contributed by atoms with Crippen LogP contribution in [0.25, 0.3) is 5.69 Å². The molecule has 1 aromatic carbocycles. The fraction of sp³-hybridized carbons (Fsp3) is 0.391. The van der Waals surface area contributed by atoms with Gasteiger partial charge in [-0.2, -0.15) is 0 Å². The Hall–Kier alpha value is -3.22. The number of benzene rings is 1. The summed E-state index contributed by atoms with van der Waals surface area (Å²) in [5.41, 5.74) is 3.89. The number of carbonyl (C=O) groups is 1. The maximum absolute atomic E-state index is 13.3. The number of carbonyl (C=O) groups excluding carboxylic acids is 1. The van der Waals surface area contributed by atoms with E-state index in [2.05, 4.69) is 28.5 Å². The summed E-state index contributed by atoms with van der Waals surface area (Å²) in [7, 11) is 0. The van der Waals surface area contributed by atoms with Crippen LogP contribution < -0.4 is 10.9 Å². The normalized spacial score (nSPS) is 13.8. The second kappa shape index (κ2) is 8.26. The Morgan fingerprint density at radius 1 is 1.27 bits per heavy atom. The Bertz CT molecular complexity index is 1140. The molecule has 0 spiro atoms. The Morgan fingerprint density at radius 3 is 2.90 bits per heavy atom. The lowest BCUT2D eigenvalue weighted by molar-refractivity contribution is 0.0935. The molecule has 1 amide bonds. The maximum Gasteiger partial charge on any atom is 0.268 e. The molecular formula is C23H27N5O2. The highest BCUT2D eigenvalue weighted by molar-refractivity contribution is 5.95. The van der Waals surface area contributed by atoms with Crippen molar-refractivity contribution in [3.8, 4) is 5.69 Å². The van der Waals surface area contributed by atoms with Crippen LogP contribution in [0.4, 0.5) is 0 Å². The summed E-state index contributed by atoms with van der Waals surface area (Å²) >= 11 is 0. The van der Waals surface area contributed by atoms with Gasteiger partial charge in [-0.3, -0.25) is 14.2 Å². The van der Waals surface area contributed by atoms with Gasteiger partial charge in [0.2, 0.25) is 0 Å². The van der Waals surface area contributed by atoms with Crippen LogP contribution in [0.3, 0.4) is 0 Å². The number of amides is 1. The summed E-state index contributed by atoms with van der Waals surface area (Å²) in [6.07, 6.45) is 7.46. The van der Waals surface area contributed by atoms with E-state index in [4.69, 9.17) is 0 Å². The molecule has 0 radical (unpaired) electrons. The van der Waals surface area contributed by atoms with Crippen molar-refractivity contribution in [2.45, 2.75) is 59.0 Å². The van der Waals surface area contributed by atoms with E-state index in [1.165, 1.54) is 11.1 Å². The summed E-state index contributed by atoms with van der Waals surface area (Å²) in [5.74, 6) is 0.290. The average molecular weight is 406 g/mol. The minimum atomic E-state index is -0.391. The van der Waals surface area contributed by atoms with Crippen molar-refractivity contribution < 1.29 is 4.79 Å². The number of fused-ring (bicyclic) bond motifs is 1. The molecule has 1 aliphatic rings. The van der Waals surface area contributed by atoms with Gasteiger partial charge in [-0.1, -0.05) is 19.1 Å². The number of rotatable bonds is 6. The molecule has 7 heteroatoms. The third kappa shape index (κ3) is 3.56. The third-order valence-corrected chi connectivity index (χ3v) is 5.75. The van der Waals surface area contributed by atoms with Crippen molar-refractivity contribution >= 4 is 5.91 Å². The molecule has 0 saturated heterocycles. The van der Waals surface area contributed by atoms with Crippen molar-refractivity contribution in [1.82, 2.24) is 24.6 Å². The SMILES string of the molecule is CCCn1cnnc1C(C)NC(=O)c1c(C)ccn(-c2cccc3c2CCC3)c1=O. The first-order valence-electron chi connectivity index (χ1n) is 10.5. The van der Waals surface area contributed by atoms with E-state index in [1.54, 1.807) is 24.0 Å². The topological polar surface area (TPSA) is 81.8 Å². The average Bonchev–Trinajstić information content (AvgIpc) is 3.37. The molecule has 156 valence electrons. The van der Waals surface area contributed by atoms with Crippen molar-refractivity contribution in [3.05, 3.63) is 75.2 Å². The van der Waals surface area contributed by atoms with Crippen LogP contribution in [-0.2, 0) is 19.4 Å². The molecule has 0 bridgehead atoms. The largest absolute Gasteiger partial charge is 0.342 e. The van der Waals surface area contributed by atoms with Crippen LogP contribution in [0.5, 0.6) is 0 Å².